The van der Waals surface area contributed by atoms with Crippen LogP contribution in [-0.4, -0.2) is 30.6 Å². The monoisotopic (exact) mass is 371 g/mol. The van der Waals surface area contributed by atoms with Crippen molar-refractivity contribution in [2.45, 2.75) is 45.2 Å². The van der Waals surface area contributed by atoms with Crippen molar-refractivity contribution in [1.82, 2.24) is 4.90 Å². The van der Waals surface area contributed by atoms with Crippen LogP contribution in [0.4, 0.5) is 4.39 Å². The van der Waals surface area contributed by atoms with Gasteiger partial charge in [-0.1, -0.05) is 31.5 Å². The van der Waals surface area contributed by atoms with E-state index in [1.807, 2.05) is 0 Å². The molecule has 0 N–H and O–H groups in total. The summed E-state index contributed by atoms with van der Waals surface area (Å²) < 4.78 is 25.2. The van der Waals surface area contributed by atoms with E-state index in [-0.39, 0.29) is 24.3 Å². The van der Waals surface area contributed by atoms with Gasteiger partial charge in [0.25, 0.3) is 5.91 Å². The van der Waals surface area contributed by atoms with Gasteiger partial charge in [-0.2, -0.15) is 0 Å². The van der Waals surface area contributed by atoms with Crippen LogP contribution in [-0.2, 0) is 6.54 Å². The maximum Gasteiger partial charge on any atom is 0.254 e. The summed E-state index contributed by atoms with van der Waals surface area (Å²) in [6.45, 7) is 2.99. The Hall–Kier alpha value is -2.56. The predicted octanol–water partition coefficient (Wildman–Crippen LogP) is 4.82. The van der Waals surface area contributed by atoms with Crippen LogP contribution >= 0.6 is 0 Å². The molecule has 2 aromatic rings. The number of ether oxygens (including phenoxy) is 2. The standard InChI is InChI=1S/C22H26FNO3/c1-3-4-13-27-20-12-9-16(14-21(20)26-2)22(25)24(18-10-11-18)15-17-7-5-6-8-19(17)23/h5-9,12,14,18H,3-4,10-11,13,15H2,1-2H3. The number of nitrogens with zero attached hydrogens (tertiary/aromatic N) is 1. The van der Waals surface area contributed by atoms with Crippen molar-refractivity contribution in [2.75, 3.05) is 13.7 Å². The highest BCUT2D eigenvalue weighted by Gasteiger charge is 2.33. The molecule has 2 aromatic carbocycles. The Morgan fingerprint density at radius 3 is 2.63 bits per heavy atom. The molecule has 4 nitrogen and oxygen atoms in total. The minimum Gasteiger partial charge on any atom is -0.493 e. The number of amides is 1. The second kappa shape index (κ2) is 8.89. The Kier molecular flexibility index (Phi) is 6.32. The molecule has 0 radical (unpaired) electrons. The van der Waals surface area contributed by atoms with Gasteiger partial charge < -0.3 is 14.4 Å². The van der Waals surface area contributed by atoms with Crippen molar-refractivity contribution >= 4 is 5.91 Å². The van der Waals surface area contributed by atoms with Crippen LogP contribution in [0.3, 0.4) is 0 Å². The Morgan fingerprint density at radius 2 is 1.96 bits per heavy atom. The van der Waals surface area contributed by atoms with E-state index in [1.165, 1.54) is 6.07 Å². The Balaban J connectivity index is 1.79. The number of benzene rings is 2. The molecule has 5 heteroatoms. The topological polar surface area (TPSA) is 38.8 Å². The molecule has 0 heterocycles. The zero-order valence-electron chi connectivity index (χ0n) is 15.9. The Labute approximate surface area is 159 Å². The number of carbonyl (C=O) groups is 1. The van der Waals surface area contributed by atoms with Gasteiger partial charge in [-0.15, -0.1) is 0 Å². The molecule has 0 bridgehead atoms. The number of halogens is 1. The van der Waals surface area contributed by atoms with Gasteiger partial charge in [-0.25, -0.2) is 4.39 Å². The van der Waals surface area contributed by atoms with Crippen LogP contribution in [0.2, 0.25) is 0 Å². The molecule has 1 amide bonds. The third-order valence-corrected chi connectivity index (χ3v) is 4.71. The predicted molar refractivity (Wildman–Crippen MR) is 103 cm³/mol. The summed E-state index contributed by atoms with van der Waals surface area (Å²) in [5.41, 5.74) is 1.06. The largest absolute Gasteiger partial charge is 0.493 e. The molecule has 0 aliphatic heterocycles. The molecule has 0 saturated heterocycles. The van der Waals surface area contributed by atoms with Crippen molar-refractivity contribution in [1.29, 1.82) is 0 Å². The smallest absolute Gasteiger partial charge is 0.254 e. The second-order valence-corrected chi connectivity index (χ2v) is 6.82. The summed E-state index contributed by atoms with van der Waals surface area (Å²) in [6, 6.07) is 12.0. The van der Waals surface area contributed by atoms with Gasteiger partial charge in [0, 0.05) is 23.7 Å². The molecule has 0 unspecified atom stereocenters. The lowest BCUT2D eigenvalue weighted by Crippen LogP contribution is -2.33. The van der Waals surface area contributed by atoms with Crippen molar-refractivity contribution in [3.8, 4) is 11.5 Å². The van der Waals surface area contributed by atoms with Gasteiger partial charge in [0.2, 0.25) is 0 Å². The van der Waals surface area contributed by atoms with Gasteiger partial charge in [0.05, 0.1) is 13.7 Å². The van der Waals surface area contributed by atoms with Gasteiger partial charge in [-0.05, 0) is 43.5 Å². The minimum absolute atomic E-state index is 0.112. The van der Waals surface area contributed by atoms with E-state index in [1.54, 1.807) is 48.4 Å². The maximum absolute atomic E-state index is 14.0. The van der Waals surface area contributed by atoms with Gasteiger partial charge in [0.15, 0.2) is 11.5 Å². The highest BCUT2D eigenvalue weighted by atomic mass is 19.1. The summed E-state index contributed by atoms with van der Waals surface area (Å²) in [5.74, 6) is 0.778. The number of methoxy groups -OCH3 is 1. The zero-order valence-corrected chi connectivity index (χ0v) is 15.9. The first-order chi connectivity index (χ1) is 13.1. The average molecular weight is 371 g/mol. The summed E-state index contributed by atoms with van der Waals surface area (Å²) in [6.07, 6.45) is 3.91. The van der Waals surface area contributed by atoms with Crippen LogP contribution in [0, 0.1) is 5.82 Å². The fraction of sp³-hybridized carbons (Fsp3) is 0.409. The van der Waals surface area contributed by atoms with Gasteiger partial charge >= 0.3 is 0 Å². The van der Waals surface area contributed by atoms with E-state index in [0.29, 0.717) is 29.2 Å². The van der Waals surface area contributed by atoms with Crippen LogP contribution in [0.25, 0.3) is 0 Å². The molecular weight excluding hydrogens is 345 g/mol. The molecule has 0 aromatic heterocycles. The van der Waals surface area contributed by atoms with Crippen LogP contribution < -0.4 is 9.47 Å². The number of carbonyl (C=O) groups excluding carboxylic acids is 1. The lowest BCUT2D eigenvalue weighted by molar-refractivity contribution is 0.0728. The molecule has 0 spiro atoms. The molecule has 144 valence electrons. The fourth-order valence-electron chi connectivity index (χ4n) is 2.98. The van der Waals surface area contributed by atoms with Gasteiger partial charge in [0.1, 0.15) is 5.82 Å². The fourth-order valence-corrected chi connectivity index (χ4v) is 2.98. The van der Waals surface area contributed by atoms with E-state index in [0.717, 1.165) is 25.7 Å². The first-order valence-corrected chi connectivity index (χ1v) is 9.49. The molecule has 1 fully saturated rings. The van der Waals surface area contributed by atoms with E-state index in [9.17, 15) is 9.18 Å². The third kappa shape index (κ3) is 4.79. The average Bonchev–Trinajstić information content (AvgIpc) is 3.52. The first kappa shape index (κ1) is 19.2. The number of unbranched alkanes of at least 4 members (excludes halogenated alkanes) is 1. The van der Waals surface area contributed by atoms with Crippen LogP contribution in [0.15, 0.2) is 42.5 Å². The Morgan fingerprint density at radius 1 is 1.19 bits per heavy atom. The highest BCUT2D eigenvalue weighted by molar-refractivity contribution is 5.95. The van der Waals surface area contributed by atoms with E-state index >= 15 is 0 Å². The molecule has 1 aliphatic carbocycles. The zero-order chi connectivity index (χ0) is 19.2. The van der Waals surface area contributed by atoms with Crippen LogP contribution in [0.1, 0.15) is 48.5 Å². The SMILES string of the molecule is CCCCOc1ccc(C(=O)N(Cc2ccccc2F)C2CC2)cc1OC. The molecule has 1 saturated carbocycles. The van der Waals surface area contributed by atoms with E-state index in [2.05, 4.69) is 6.92 Å². The van der Waals surface area contributed by atoms with E-state index < -0.39 is 0 Å². The third-order valence-electron chi connectivity index (χ3n) is 4.71. The van der Waals surface area contributed by atoms with Crippen molar-refractivity contribution in [3.05, 3.63) is 59.4 Å². The molecule has 0 atom stereocenters. The number of hydrogen-bond donors (Lipinski definition) is 0. The summed E-state index contributed by atoms with van der Waals surface area (Å²) in [4.78, 5) is 14.8. The summed E-state index contributed by atoms with van der Waals surface area (Å²) >= 11 is 0. The summed E-state index contributed by atoms with van der Waals surface area (Å²) in [7, 11) is 1.56. The normalized spacial score (nSPS) is 13.3. The number of hydrogen-bond acceptors (Lipinski definition) is 3. The highest BCUT2D eigenvalue weighted by Crippen LogP contribution is 2.33. The first-order valence-electron chi connectivity index (χ1n) is 9.49. The molecule has 3 rings (SSSR count). The number of rotatable bonds is 9. The molecular formula is C22H26FNO3. The van der Waals surface area contributed by atoms with Gasteiger partial charge in [-0.3, -0.25) is 4.79 Å². The lowest BCUT2D eigenvalue weighted by atomic mass is 10.1. The van der Waals surface area contributed by atoms with Crippen molar-refractivity contribution < 1.29 is 18.7 Å². The van der Waals surface area contributed by atoms with E-state index in [4.69, 9.17) is 9.47 Å². The Bertz CT molecular complexity index is 789. The van der Waals surface area contributed by atoms with Crippen LogP contribution in [0.5, 0.6) is 11.5 Å². The maximum atomic E-state index is 14.0. The van der Waals surface area contributed by atoms with Crippen molar-refractivity contribution in [3.63, 3.8) is 0 Å². The molecule has 27 heavy (non-hydrogen) atoms. The summed E-state index contributed by atoms with van der Waals surface area (Å²) in [5, 5.41) is 0. The lowest BCUT2D eigenvalue weighted by Gasteiger charge is -2.23. The quantitative estimate of drug-likeness (QED) is 0.593. The minimum atomic E-state index is -0.284. The molecule has 1 aliphatic rings. The second-order valence-electron chi connectivity index (χ2n) is 6.82. The van der Waals surface area contributed by atoms with Crippen molar-refractivity contribution in [2.24, 2.45) is 0 Å².